The highest BCUT2D eigenvalue weighted by atomic mass is 15.2. The van der Waals surface area contributed by atoms with Crippen LogP contribution in [0.4, 0.5) is 17.1 Å². The molecule has 0 radical (unpaired) electrons. The number of nitrogen functional groups attached to an aromatic ring is 1. The number of para-hydroxylation sites is 1. The molecule has 132 valence electrons. The Bertz CT molecular complexity index is 734. The predicted molar refractivity (Wildman–Crippen MR) is 108 cm³/mol. The van der Waals surface area contributed by atoms with E-state index in [0.29, 0.717) is 6.04 Å². The van der Waals surface area contributed by atoms with E-state index in [2.05, 4.69) is 59.2 Å². The van der Waals surface area contributed by atoms with Crippen molar-refractivity contribution in [3.63, 3.8) is 0 Å². The van der Waals surface area contributed by atoms with E-state index in [0.717, 1.165) is 31.7 Å². The second-order valence-electron chi connectivity index (χ2n) is 7.57. The van der Waals surface area contributed by atoms with Crippen molar-refractivity contribution >= 4 is 17.1 Å². The maximum absolute atomic E-state index is 6.33. The quantitative estimate of drug-likeness (QED) is 0.829. The summed E-state index contributed by atoms with van der Waals surface area (Å²) in [4.78, 5) is 4.99. The minimum atomic E-state index is 0.611. The number of anilines is 3. The monoisotopic (exact) mass is 335 g/mol. The molecule has 4 rings (SSSR count). The van der Waals surface area contributed by atoms with Gasteiger partial charge in [-0.15, -0.1) is 0 Å². The molecule has 1 unspecified atom stereocenters. The van der Waals surface area contributed by atoms with Gasteiger partial charge in [0.1, 0.15) is 0 Å². The number of nitrogens with two attached hydrogens (primary N) is 1. The SMILES string of the molecule is CC1Cc2ccccc2N1CCCc1ccc(N2CCCC2)c(N)c1. The summed E-state index contributed by atoms with van der Waals surface area (Å²) < 4.78 is 0. The third kappa shape index (κ3) is 3.33. The Balaban J connectivity index is 1.37. The molecule has 1 saturated heterocycles. The van der Waals surface area contributed by atoms with Gasteiger partial charge in [0.2, 0.25) is 0 Å². The van der Waals surface area contributed by atoms with E-state index in [-0.39, 0.29) is 0 Å². The summed E-state index contributed by atoms with van der Waals surface area (Å²) in [6.07, 6.45) is 6.01. The normalized spacial score (nSPS) is 19.5. The third-order valence-electron chi connectivity index (χ3n) is 5.75. The van der Waals surface area contributed by atoms with Crippen LogP contribution >= 0.6 is 0 Å². The lowest BCUT2D eigenvalue weighted by Crippen LogP contribution is -2.30. The lowest BCUT2D eigenvalue weighted by molar-refractivity contribution is 0.647. The van der Waals surface area contributed by atoms with E-state index in [9.17, 15) is 0 Å². The fourth-order valence-corrected chi connectivity index (χ4v) is 4.43. The van der Waals surface area contributed by atoms with Crippen LogP contribution in [0, 0.1) is 0 Å². The van der Waals surface area contributed by atoms with E-state index >= 15 is 0 Å². The lowest BCUT2D eigenvalue weighted by Gasteiger charge is -2.25. The van der Waals surface area contributed by atoms with Gasteiger partial charge in [0.25, 0.3) is 0 Å². The van der Waals surface area contributed by atoms with Crippen LogP contribution < -0.4 is 15.5 Å². The van der Waals surface area contributed by atoms with Crippen molar-refractivity contribution in [1.29, 1.82) is 0 Å². The van der Waals surface area contributed by atoms with Crippen molar-refractivity contribution < 1.29 is 0 Å². The number of fused-ring (bicyclic) bond motifs is 1. The van der Waals surface area contributed by atoms with Crippen LogP contribution in [0.2, 0.25) is 0 Å². The zero-order valence-electron chi connectivity index (χ0n) is 15.2. The Labute approximate surface area is 151 Å². The zero-order valence-corrected chi connectivity index (χ0v) is 15.2. The molecule has 0 aliphatic carbocycles. The summed E-state index contributed by atoms with van der Waals surface area (Å²) in [5.41, 5.74) is 12.8. The molecule has 0 spiro atoms. The van der Waals surface area contributed by atoms with Crippen LogP contribution in [-0.4, -0.2) is 25.7 Å². The third-order valence-corrected chi connectivity index (χ3v) is 5.75. The number of nitrogens with zero attached hydrogens (tertiary/aromatic N) is 2. The molecule has 2 aliphatic rings. The Morgan fingerprint density at radius 2 is 1.84 bits per heavy atom. The van der Waals surface area contributed by atoms with Gasteiger partial charge in [-0.1, -0.05) is 24.3 Å². The van der Waals surface area contributed by atoms with Crippen molar-refractivity contribution in [1.82, 2.24) is 0 Å². The van der Waals surface area contributed by atoms with Gasteiger partial charge in [0.15, 0.2) is 0 Å². The average Bonchev–Trinajstić information content (AvgIpc) is 3.23. The number of hydrogen-bond acceptors (Lipinski definition) is 3. The first-order chi connectivity index (χ1) is 12.2. The summed E-state index contributed by atoms with van der Waals surface area (Å²) in [6, 6.07) is 16.1. The molecule has 0 bridgehead atoms. The predicted octanol–water partition coefficient (Wildman–Crippen LogP) is 4.25. The smallest absolute Gasteiger partial charge is 0.0600 e. The van der Waals surface area contributed by atoms with Gasteiger partial charge < -0.3 is 15.5 Å². The summed E-state index contributed by atoms with van der Waals surface area (Å²) in [7, 11) is 0. The number of rotatable bonds is 5. The topological polar surface area (TPSA) is 32.5 Å². The molecule has 0 saturated carbocycles. The average molecular weight is 335 g/mol. The molecule has 3 heteroatoms. The van der Waals surface area contributed by atoms with Gasteiger partial charge in [0.05, 0.1) is 11.4 Å². The van der Waals surface area contributed by atoms with Gasteiger partial charge in [-0.3, -0.25) is 0 Å². The summed E-state index contributed by atoms with van der Waals surface area (Å²) in [6.45, 7) is 5.75. The zero-order chi connectivity index (χ0) is 17.2. The van der Waals surface area contributed by atoms with Crippen molar-refractivity contribution in [2.45, 2.75) is 45.1 Å². The van der Waals surface area contributed by atoms with Gasteiger partial charge in [-0.25, -0.2) is 0 Å². The van der Waals surface area contributed by atoms with Crippen molar-refractivity contribution in [2.24, 2.45) is 0 Å². The molecule has 0 aromatic heterocycles. The van der Waals surface area contributed by atoms with Crippen LogP contribution in [0.3, 0.4) is 0 Å². The largest absolute Gasteiger partial charge is 0.397 e. The standard InChI is InChI=1S/C22H29N3/c1-17-15-19-8-2-3-9-21(19)25(17)14-6-7-18-10-11-22(20(23)16-18)24-12-4-5-13-24/h2-3,8-11,16-17H,4-7,12-15,23H2,1H3. The van der Waals surface area contributed by atoms with E-state index in [1.165, 1.54) is 48.2 Å². The molecular formula is C22H29N3. The molecule has 1 atom stereocenters. The number of hydrogen-bond donors (Lipinski definition) is 1. The minimum Gasteiger partial charge on any atom is -0.397 e. The second kappa shape index (κ2) is 6.99. The Morgan fingerprint density at radius 3 is 2.64 bits per heavy atom. The van der Waals surface area contributed by atoms with E-state index in [4.69, 9.17) is 5.73 Å². The maximum Gasteiger partial charge on any atom is 0.0600 e. The van der Waals surface area contributed by atoms with Gasteiger partial charge in [-0.05, 0) is 68.4 Å². The van der Waals surface area contributed by atoms with Crippen LogP contribution in [0.15, 0.2) is 42.5 Å². The molecule has 2 aliphatic heterocycles. The van der Waals surface area contributed by atoms with Crippen LogP contribution in [0.25, 0.3) is 0 Å². The van der Waals surface area contributed by atoms with Crippen molar-refractivity contribution in [3.05, 3.63) is 53.6 Å². The number of aryl methyl sites for hydroxylation is 1. The van der Waals surface area contributed by atoms with Crippen LogP contribution in [-0.2, 0) is 12.8 Å². The Hall–Kier alpha value is -2.16. The molecule has 2 aromatic carbocycles. The van der Waals surface area contributed by atoms with Gasteiger partial charge >= 0.3 is 0 Å². The van der Waals surface area contributed by atoms with Crippen LogP contribution in [0.1, 0.15) is 37.3 Å². The summed E-state index contributed by atoms with van der Waals surface area (Å²) in [5, 5.41) is 0. The highest BCUT2D eigenvalue weighted by Crippen LogP contribution is 2.32. The second-order valence-corrected chi connectivity index (χ2v) is 7.57. The minimum absolute atomic E-state index is 0.611. The molecule has 1 fully saturated rings. The number of benzene rings is 2. The first kappa shape index (κ1) is 16.3. The highest BCUT2D eigenvalue weighted by molar-refractivity contribution is 5.68. The van der Waals surface area contributed by atoms with Crippen LogP contribution in [0.5, 0.6) is 0 Å². The summed E-state index contributed by atoms with van der Waals surface area (Å²) in [5.74, 6) is 0. The molecule has 0 amide bonds. The molecule has 2 N–H and O–H groups in total. The molecule has 2 heterocycles. The maximum atomic E-state index is 6.33. The van der Waals surface area contributed by atoms with E-state index in [1.807, 2.05) is 0 Å². The van der Waals surface area contributed by atoms with Gasteiger partial charge in [-0.2, -0.15) is 0 Å². The lowest BCUT2D eigenvalue weighted by atomic mass is 10.1. The van der Waals surface area contributed by atoms with Crippen molar-refractivity contribution in [3.8, 4) is 0 Å². The fraction of sp³-hybridized carbons (Fsp3) is 0.455. The first-order valence-corrected chi connectivity index (χ1v) is 9.70. The molecule has 3 nitrogen and oxygen atoms in total. The molecule has 25 heavy (non-hydrogen) atoms. The molecule has 2 aromatic rings. The first-order valence-electron chi connectivity index (χ1n) is 9.70. The fourth-order valence-electron chi connectivity index (χ4n) is 4.43. The van der Waals surface area contributed by atoms with Crippen molar-refractivity contribution in [2.75, 3.05) is 35.2 Å². The van der Waals surface area contributed by atoms with Gasteiger partial charge in [0, 0.05) is 31.4 Å². The molecular weight excluding hydrogens is 306 g/mol. The van der Waals surface area contributed by atoms with E-state index in [1.54, 1.807) is 0 Å². The Kier molecular flexibility index (Phi) is 4.56. The van der Waals surface area contributed by atoms with E-state index < -0.39 is 0 Å². The highest BCUT2D eigenvalue weighted by Gasteiger charge is 2.24. The Morgan fingerprint density at radius 1 is 1.04 bits per heavy atom. The summed E-state index contributed by atoms with van der Waals surface area (Å²) >= 11 is 0.